The predicted molar refractivity (Wildman–Crippen MR) is 115 cm³/mol. The van der Waals surface area contributed by atoms with Crippen LogP contribution in [0.2, 0.25) is 0 Å². The van der Waals surface area contributed by atoms with Crippen molar-refractivity contribution in [1.82, 2.24) is 4.90 Å². The van der Waals surface area contributed by atoms with Gasteiger partial charge >= 0.3 is 0 Å². The van der Waals surface area contributed by atoms with Crippen molar-refractivity contribution in [3.63, 3.8) is 0 Å². The van der Waals surface area contributed by atoms with Gasteiger partial charge in [-0.2, -0.15) is 5.26 Å². The van der Waals surface area contributed by atoms with Gasteiger partial charge in [-0.3, -0.25) is 4.79 Å². The van der Waals surface area contributed by atoms with Crippen LogP contribution in [0.25, 0.3) is 0 Å². The van der Waals surface area contributed by atoms with Crippen LogP contribution in [0, 0.1) is 11.3 Å². The predicted octanol–water partition coefficient (Wildman–Crippen LogP) is 0.629. The van der Waals surface area contributed by atoms with Crippen molar-refractivity contribution in [3.05, 3.63) is 59.5 Å². The van der Waals surface area contributed by atoms with Crippen molar-refractivity contribution in [2.75, 3.05) is 39.3 Å². The second-order valence-electron chi connectivity index (χ2n) is 8.55. The van der Waals surface area contributed by atoms with Crippen LogP contribution in [0.15, 0.2) is 47.1 Å². The van der Waals surface area contributed by atoms with Gasteiger partial charge in [0, 0.05) is 12.1 Å². The summed E-state index contributed by atoms with van der Waals surface area (Å²) in [5.41, 5.74) is 2.77. The first-order chi connectivity index (χ1) is 14.5. The van der Waals surface area contributed by atoms with Crippen molar-refractivity contribution in [1.29, 1.82) is 5.26 Å². The van der Waals surface area contributed by atoms with Gasteiger partial charge in [-0.15, -0.1) is 0 Å². The Hall–Kier alpha value is -2.62. The van der Waals surface area contributed by atoms with Crippen LogP contribution in [0.1, 0.15) is 43.1 Å². The number of quaternary nitrogens is 2. The molecule has 2 N–H and O–H groups in total. The standard InChI is InChI=1S/C24H32N4O2/c1-20(2)22-8-6-21(7-9-22)17-26-12-14-27(15-13-26)19-24(29)28(11-4-10-25)18-23-5-3-16-30-23/h3,5-9,16,20H,4,11-15,17-19H2,1-2H3/p+2. The summed E-state index contributed by atoms with van der Waals surface area (Å²) in [5, 5.41) is 8.92. The molecular weight excluding hydrogens is 376 g/mol. The van der Waals surface area contributed by atoms with E-state index in [1.807, 2.05) is 12.1 Å². The fourth-order valence-corrected chi connectivity index (χ4v) is 4.01. The Labute approximate surface area is 179 Å². The molecule has 1 amide bonds. The fraction of sp³-hybridized carbons (Fsp3) is 0.500. The molecule has 6 nitrogen and oxygen atoms in total. The maximum atomic E-state index is 12.9. The van der Waals surface area contributed by atoms with Crippen molar-refractivity contribution in [2.24, 2.45) is 0 Å². The van der Waals surface area contributed by atoms with Crippen LogP contribution < -0.4 is 9.80 Å². The van der Waals surface area contributed by atoms with Crippen LogP contribution in [0.4, 0.5) is 0 Å². The number of piperazine rings is 1. The van der Waals surface area contributed by atoms with E-state index in [2.05, 4.69) is 44.2 Å². The van der Waals surface area contributed by atoms with Gasteiger partial charge in [-0.05, 0) is 23.6 Å². The van der Waals surface area contributed by atoms with Crippen LogP contribution in [-0.2, 0) is 17.9 Å². The molecule has 2 heterocycles. The van der Waals surface area contributed by atoms with E-state index in [-0.39, 0.29) is 5.91 Å². The normalized spacial score (nSPS) is 18.9. The van der Waals surface area contributed by atoms with Gasteiger partial charge < -0.3 is 19.1 Å². The summed E-state index contributed by atoms with van der Waals surface area (Å²) in [6, 6.07) is 14.8. The van der Waals surface area contributed by atoms with Crippen LogP contribution in [0.5, 0.6) is 0 Å². The molecule has 1 fully saturated rings. The van der Waals surface area contributed by atoms with Gasteiger partial charge in [0.1, 0.15) is 38.5 Å². The number of carbonyl (C=O) groups is 1. The molecular formula is C24H34N4O2+2. The molecule has 0 unspecified atom stereocenters. The lowest BCUT2D eigenvalue weighted by Crippen LogP contribution is -3.28. The highest BCUT2D eigenvalue weighted by molar-refractivity contribution is 5.77. The van der Waals surface area contributed by atoms with Crippen LogP contribution >= 0.6 is 0 Å². The third kappa shape index (κ3) is 6.45. The Kier molecular flexibility index (Phi) is 8.06. The molecule has 0 spiro atoms. The van der Waals surface area contributed by atoms with E-state index in [0.717, 1.165) is 38.5 Å². The van der Waals surface area contributed by atoms with E-state index in [1.165, 1.54) is 16.0 Å². The quantitative estimate of drug-likeness (QED) is 0.637. The molecule has 1 aromatic carbocycles. The molecule has 160 valence electrons. The Morgan fingerprint density at radius 3 is 2.43 bits per heavy atom. The summed E-state index contributed by atoms with van der Waals surface area (Å²) in [6.45, 7) is 11.0. The third-order valence-electron chi connectivity index (χ3n) is 5.94. The first-order valence-corrected chi connectivity index (χ1v) is 11.0. The molecule has 0 aliphatic carbocycles. The van der Waals surface area contributed by atoms with E-state index in [4.69, 9.17) is 9.68 Å². The summed E-state index contributed by atoms with van der Waals surface area (Å²) in [7, 11) is 0. The van der Waals surface area contributed by atoms with Gasteiger partial charge in [0.05, 0.1) is 25.3 Å². The highest BCUT2D eigenvalue weighted by Crippen LogP contribution is 2.14. The number of nitrogens with zero attached hydrogens (tertiary/aromatic N) is 2. The summed E-state index contributed by atoms with van der Waals surface area (Å²) >= 11 is 0. The minimum atomic E-state index is 0.101. The van der Waals surface area contributed by atoms with E-state index in [1.54, 1.807) is 16.1 Å². The average Bonchev–Trinajstić information content (AvgIpc) is 3.26. The maximum Gasteiger partial charge on any atom is 0.278 e. The summed E-state index contributed by atoms with van der Waals surface area (Å²) < 4.78 is 5.39. The first-order valence-electron chi connectivity index (χ1n) is 11.0. The topological polar surface area (TPSA) is 66.1 Å². The highest BCUT2D eigenvalue weighted by Gasteiger charge is 2.27. The van der Waals surface area contributed by atoms with E-state index < -0.39 is 0 Å². The minimum Gasteiger partial charge on any atom is -0.467 e. The number of carbonyl (C=O) groups excluding carboxylic acids is 1. The van der Waals surface area contributed by atoms with Crippen molar-refractivity contribution in [2.45, 2.75) is 39.3 Å². The first kappa shape index (κ1) is 22.1. The average molecular weight is 411 g/mol. The largest absolute Gasteiger partial charge is 0.467 e. The number of nitriles is 1. The minimum absolute atomic E-state index is 0.101. The summed E-state index contributed by atoms with van der Waals surface area (Å²) in [4.78, 5) is 17.5. The molecule has 1 saturated heterocycles. The van der Waals surface area contributed by atoms with Gasteiger partial charge in [0.15, 0.2) is 6.54 Å². The number of furan rings is 1. The molecule has 1 aliphatic heterocycles. The molecule has 0 atom stereocenters. The summed E-state index contributed by atoms with van der Waals surface area (Å²) in [6.07, 6.45) is 1.96. The monoisotopic (exact) mass is 410 g/mol. The molecule has 1 aromatic heterocycles. The van der Waals surface area contributed by atoms with Gasteiger partial charge in [0.2, 0.25) is 0 Å². The Morgan fingerprint density at radius 2 is 1.83 bits per heavy atom. The second kappa shape index (κ2) is 11.0. The zero-order chi connectivity index (χ0) is 21.3. The lowest BCUT2D eigenvalue weighted by atomic mass is 10.0. The van der Waals surface area contributed by atoms with Crippen LogP contribution in [0.3, 0.4) is 0 Å². The van der Waals surface area contributed by atoms with Crippen molar-refractivity contribution < 1.29 is 19.0 Å². The maximum absolute atomic E-state index is 12.9. The van der Waals surface area contributed by atoms with Crippen LogP contribution in [-0.4, -0.2) is 50.1 Å². The molecule has 3 rings (SSSR count). The zero-order valence-electron chi connectivity index (χ0n) is 18.2. The Morgan fingerprint density at radius 1 is 1.13 bits per heavy atom. The second-order valence-corrected chi connectivity index (χ2v) is 8.55. The fourth-order valence-electron chi connectivity index (χ4n) is 4.01. The molecule has 0 saturated carbocycles. The van der Waals surface area contributed by atoms with Gasteiger partial charge in [-0.1, -0.05) is 38.1 Å². The van der Waals surface area contributed by atoms with E-state index in [9.17, 15) is 4.79 Å². The number of benzene rings is 1. The Balaban J connectivity index is 1.46. The summed E-state index contributed by atoms with van der Waals surface area (Å²) in [5.74, 6) is 1.43. The van der Waals surface area contributed by atoms with E-state index >= 15 is 0 Å². The lowest BCUT2D eigenvalue weighted by Gasteiger charge is -2.31. The molecule has 30 heavy (non-hydrogen) atoms. The Bertz CT molecular complexity index is 816. The highest BCUT2D eigenvalue weighted by atomic mass is 16.3. The number of amides is 1. The number of rotatable bonds is 9. The molecule has 1 aliphatic rings. The van der Waals surface area contributed by atoms with Crippen molar-refractivity contribution >= 4 is 5.91 Å². The van der Waals surface area contributed by atoms with Crippen molar-refractivity contribution in [3.8, 4) is 6.07 Å². The van der Waals surface area contributed by atoms with Gasteiger partial charge in [-0.25, -0.2) is 0 Å². The number of hydrogen-bond donors (Lipinski definition) is 2. The molecule has 2 aromatic rings. The third-order valence-corrected chi connectivity index (χ3v) is 5.94. The van der Waals surface area contributed by atoms with E-state index in [0.29, 0.717) is 32.0 Å². The number of nitrogens with one attached hydrogen (secondary N) is 2. The SMILES string of the molecule is CC(C)c1ccc(C[NH+]2CC[NH+](CC(=O)N(CCC#N)Cc3ccco3)CC2)cc1. The molecule has 6 heteroatoms. The molecule has 0 radical (unpaired) electrons. The number of hydrogen-bond acceptors (Lipinski definition) is 3. The zero-order valence-corrected chi connectivity index (χ0v) is 18.2. The smallest absolute Gasteiger partial charge is 0.278 e. The lowest BCUT2D eigenvalue weighted by molar-refractivity contribution is -1.02. The molecule has 0 bridgehead atoms. The van der Waals surface area contributed by atoms with Gasteiger partial charge in [0.25, 0.3) is 5.91 Å².